The zero-order valence-electron chi connectivity index (χ0n) is 15.5. The maximum atomic E-state index is 12.7. The SMILES string of the molecule is Cc1oc2ccc(O)cc2c1C(=O)NC1CCN(C(=O)OC(C)(C)C)C1. The molecule has 2 amide bonds. The molecule has 0 radical (unpaired) electrons. The molecule has 1 aliphatic rings. The number of furan rings is 1. The van der Waals surface area contributed by atoms with E-state index < -0.39 is 5.60 Å². The second-order valence-corrected chi connectivity index (χ2v) is 7.60. The summed E-state index contributed by atoms with van der Waals surface area (Å²) in [7, 11) is 0. The van der Waals surface area contributed by atoms with Crippen LogP contribution in [0.25, 0.3) is 11.0 Å². The van der Waals surface area contributed by atoms with Gasteiger partial charge in [-0.05, 0) is 52.3 Å². The lowest BCUT2D eigenvalue weighted by Gasteiger charge is -2.24. The van der Waals surface area contributed by atoms with E-state index in [1.54, 1.807) is 17.9 Å². The Labute approximate surface area is 151 Å². The first kappa shape index (κ1) is 18.1. The van der Waals surface area contributed by atoms with Gasteiger partial charge in [-0.3, -0.25) is 4.79 Å². The Balaban J connectivity index is 1.69. The minimum Gasteiger partial charge on any atom is -0.508 e. The largest absolute Gasteiger partial charge is 0.508 e. The Morgan fingerprint density at radius 3 is 2.77 bits per heavy atom. The van der Waals surface area contributed by atoms with Gasteiger partial charge in [0.15, 0.2) is 0 Å². The predicted octanol–water partition coefficient (Wildman–Crippen LogP) is 3.19. The van der Waals surface area contributed by atoms with Crippen LogP contribution < -0.4 is 5.32 Å². The Morgan fingerprint density at radius 2 is 2.08 bits per heavy atom. The lowest BCUT2D eigenvalue weighted by atomic mass is 10.1. The molecule has 1 fully saturated rings. The third-order valence-corrected chi connectivity index (χ3v) is 4.25. The van der Waals surface area contributed by atoms with Gasteiger partial charge in [0.1, 0.15) is 22.7 Å². The van der Waals surface area contributed by atoms with Gasteiger partial charge in [0, 0.05) is 24.5 Å². The van der Waals surface area contributed by atoms with Gasteiger partial charge in [-0.15, -0.1) is 0 Å². The van der Waals surface area contributed by atoms with Crippen LogP contribution in [0.5, 0.6) is 5.75 Å². The lowest BCUT2D eigenvalue weighted by molar-refractivity contribution is 0.0290. The molecule has 1 unspecified atom stereocenters. The predicted molar refractivity (Wildman–Crippen MR) is 96.3 cm³/mol. The summed E-state index contributed by atoms with van der Waals surface area (Å²) in [5, 5.41) is 13.2. The third kappa shape index (κ3) is 3.76. The average Bonchev–Trinajstić information content (AvgIpc) is 3.09. The fourth-order valence-electron chi connectivity index (χ4n) is 3.12. The van der Waals surface area contributed by atoms with Crippen LogP contribution in [0.3, 0.4) is 0 Å². The molecule has 0 bridgehead atoms. The number of phenolic OH excluding ortho intramolecular Hbond substituents is 1. The second kappa shape index (κ2) is 6.55. The van der Waals surface area contributed by atoms with Crippen LogP contribution in [0.2, 0.25) is 0 Å². The molecule has 0 spiro atoms. The summed E-state index contributed by atoms with van der Waals surface area (Å²) >= 11 is 0. The Morgan fingerprint density at radius 1 is 1.35 bits per heavy atom. The van der Waals surface area contributed by atoms with Crippen molar-refractivity contribution in [3.05, 3.63) is 29.5 Å². The highest BCUT2D eigenvalue weighted by molar-refractivity contribution is 6.07. The van der Waals surface area contributed by atoms with Gasteiger partial charge < -0.3 is 24.5 Å². The van der Waals surface area contributed by atoms with Crippen molar-refractivity contribution in [1.29, 1.82) is 0 Å². The average molecular weight is 360 g/mol. The van der Waals surface area contributed by atoms with E-state index >= 15 is 0 Å². The zero-order chi connectivity index (χ0) is 19.1. The zero-order valence-corrected chi connectivity index (χ0v) is 15.5. The minimum atomic E-state index is -0.548. The maximum Gasteiger partial charge on any atom is 0.410 e. The van der Waals surface area contributed by atoms with Gasteiger partial charge in [0.25, 0.3) is 5.91 Å². The van der Waals surface area contributed by atoms with Gasteiger partial charge in [0.2, 0.25) is 0 Å². The molecular formula is C19H24N2O5. The number of nitrogens with one attached hydrogen (secondary N) is 1. The second-order valence-electron chi connectivity index (χ2n) is 7.60. The number of fused-ring (bicyclic) bond motifs is 1. The third-order valence-electron chi connectivity index (χ3n) is 4.25. The van der Waals surface area contributed by atoms with Gasteiger partial charge in [-0.1, -0.05) is 0 Å². The number of phenols is 1. The summed E-state index contributed by atoms with van der Waals surface area (Å²) < 4.78 is 11.0. The highest BCUT2D eigenvalue weighted by Crippen LogP contribution is 2.29. The summed E-state index contributed by atoms with van der Waals surface area (Å²) in [6, 6.07) is 4.51. The van der Waals surface area contributed by atoms with Gasteiger partial charge in [0.05, 0.1) is 5.56 Å². The number of hydrogen-bond donors (Lipinski definition) is 2. The molecule has 3 rings (SSSR count). The Kier molecular flexibility index (Phi) is 4.56. The number of carbonyl (C=O) groups excluding carboxylic acids is 2. The topological polar surface area (TPSA) is 92.0 Å². The number of aromatic hydroxyl groups is 1. The van der Waals surface area contributed by atoms with E-state index in [1.807, 2.05) is 20.8 Å². The molecule has 1 saturated heterocycles. The molecule has 2 heterocycles. The van der Waals surface area contributed by atoms with Crippen LogP contribution in [0.1, 0.15) is 43.3 Å². The van der Waals surface area contributed by atoms with Crippen LogP contribution in [0, 0.1) is 6.92 Å². The summed E-state index contributed by atoms with van der Waals surface area (Å²) in [6.07, 6.45) is 0.287. The van der Waals surface area contributed by atoms with Gasteiger partial charge in [-0.2, -0.15) is 0 Å². The minimum absolute atomic E-state index is 0.0734. The van der Waals surface area contributed by atoms with Gasteiger partial charge >= 0.3 is 6.09 Å². The van der Waals surface area contributed by atoms with Crippen molar-refractivity contribution in [2.75, 3.05) is 13.1 Å². The number of ether oxygens (including phenoxy) is 1. The van der Waals surface area contributed by atoms with E-state index in [-0.39, 0.29) is 23.8 Å². The van der Waals surface area contributed by atoms with E-state index in [4.69, 9.17) is 9.15 Å². The van der Waals surface area contributed by atoms with Crippen LogP contribution in [0.15, 0.2) is 22.6 Å². The lowest BCUT2D eigenvalue weighted by Crippen LogP contribution is -2.40. The number of likely N-dealkylation sites (tertiary alicyclic amines) is 1. The van der Waals surface area contributed by atoms with Crippen molar-refractivity contribution in [3.63, 3.8) is 0 Å². The number of amides is 2. The molecule has 7 heteroatoms. The maximum absolute atomic E-state index is 12.7. The molecule has 2 N–H and O–H groups in total. The van der Waals surface area contributed by atoms with Gasteiger partial charge in [-0.25, -0.2) is 4.79 Å². The van der Waals surface area contributed by atoms with Crippen LogP contribution in [-0.4, -0.2) is 46.7 Å². The number of aryl methyl sites for hydroxylation is 1. The van der Waals surface area contributed by atoms with Crippen LogP contribution >= 0.6 is 0 Å². The number of benzene rings is 1. The van der Waals surface area contributed by atoms with E-state index in [0.29, 0.717) is 41.8 Å². The fourth-order valence-corrected chi connectivity index (χ4v) is 3.12. The molecule has 0 aliphatic carbocycles. The molecule has 1 atom stereocenters. The van der Waals surface area contributed by atoms with Crippen LogP contribution in [0.4, 0.5) is 4.79 Å². The molecule has 7 nitrogen and oxygen atoms in total. The number of rotatable bonds is 2. The quantitative estimate of drug-likeness (QED) is 0.858. The molecule has 140 valence electrons. The van der Waals surface area contributed by atoms with Crippen molar-refractivity contribution in [1.82, 2.24) is 10.2 Å². The normalized spacial score (nSPS) is 17.5. The molecule has 2 aromatic rings. The molecule has 0 saturated carbocycles. The van der Waals surface area contributed by atoms with E-state index in [0.717, 1.165) is 0 Å². The smallest absolute Gasteiger partial charge is 0.410 e. The van der Waals surface area contributed by atoms with Crippen LogP contribution in [-0.2, 0) is 4.74 Å². The number of hydrogen-bond acceptors (Lipinski definition) is 5. The summed E-state index contributed by atoms with van der Waals surface area (Å²) in [5.74, 6) is 0.289. The van der Waals surface area contributed by atoms with Crippen molar-refractivity contribution in [2.45, 2.75) is 45.8 Å². The summed E-state index contributed by atoms with van der Waals surface area (Å²) in [6.45, 7) is 8.12. The highest BCUT2D eigenvalue weighted by Gasteiger charge is 2.31. The van der Waals surface area contributed by atoms with E-state index in [2.05, 4.69) is 5.32 Å². The number of nitrogens with zero attached hydrogens (tertiary/aromatic N) is 1. The Hall–Kier alpha value is -2.70. The van der Waals surface area contributed by atoms with E-state index in [1.165, 1.54) is 12.1 Å². The van der Waals surface area contributed by atoms with Crippen molar-refractivity contribution >= 4 is 23.0 Å². The van der Waals surface area contributed by atoms with Crippen molar-refractivity contribution in [3.8, 4) is 5.75 Å². The molecule has 1 aromatic heterocycles. The van der Waals surface area contributed by atoms with Crippen molar-refractivity contribution in [2.24, 2.45) is 0 Å². The fraction of sp³-hybridized carbons (Fsp3) is 0.474. The molecule has 1 aromatic carbocycles. The highest BCUT2D eigenvalue weighted by atomic mass is 16.6. The van der Waals surface area contributed by atoms with E-state index in [9.17, 15) is 14.7 Å². The first-order chi connectivity index (χ1) is 12.1. The summed E-state index contributed by atoms with van der Waals surface area (Å²) in [4.78, 5) is 26.5. The number of carbonyl (C=O) groups is 2. The molecule has 26 heavy (non-hydrogen) atoms. The van der Waals surface area contributed by atoms with Crippen molar-refractivity contribution < 1.29 is 23.8 Å². The monoisotopic (exact) mass is 360 g/mol. The summed E-state index contributed by atoms with van der Waals surface area (Å²) in [5.41, 5.74) is 0.409. The molecule has 1 aliphatic heterocycles. The standard InChI is InChI=1S/C19H24N2O5/c1-11-16(14-9-13(22)5-6-15(14)25-11)17(23)20-12-7-8-21(10-12)18(24)26-19(2,3)4/h5-6,9,12,22H,7-8,10H2,1-4H3,(H,20,23). The molecular weight excluding hydrogens is 336 g/mol. The first-order valence-electron chi connectivity index (χ1n) is 8.65. The Bertz CT molecular complexity index is 849. The first-order valence-corrected chi connectivity index (χ1v) is 8.65.